The summed E-state index contributed by atoms with van der Waals surface area (Å²) >= 11 is 0. The molecule has 0 heterocycles. The van der Waals surface area contributed by atoms with Crippen molar-refractivity contribution in [3.63, 3.8) is 0 Å². The molecule has 0 aromatic heterocycles. The number of hydrogen-bond acceptors (Lipinski definition) is 2. The summed E-state index contributed by atoms with van der Waals surface area (Å²) in [7, 11) is 0. The molecule has 0 aromatic rings. The Labute approximate surface area is 79.1 Å². The van der Waals surface area contributed by atoms with Gasteiger partial charge in [-0.15, -0.1) is 0 Å². The van der Waals surface area contributed by atoms with Gasteiger partial charge in [0, 0.05) is 6.92 Å². The van der Waals surface area contributed by atoms with E-state index < -0.39 is 5.97 Å². The first-order chi connectivity index (χ1) is 1.73. The molecule has 0 aliphatic carbocycles. The minimum atomic E-state index is -0.833. The minimum absolute atomic E-state index is 0. The SMILES string of the molecule is CC(=O)O.N.[KH]. The first-order valence-corrected chi connectivity index (χ1v) is 0.928. The van der Waals surface area contributed by atoms with Crippen LogP contribution < -0.4 is 6.15 Å². The van der Waals surface area contributed by atoms with Crippen LogP contribution in [0, 0.1) is 0 Å². The number of rotatable bonds is 0. The van der Waals surface area contributed by atoms with Crippen molar-refractivity contribution >= 4 is 57.4 Å². The molecule has 0 rings (SSSR count). The van der Waals surface area contributed by atoms with E-state index in [1.807, 2.05) is 0 Å². The van der Waals surface area contributed by atoms with E-state index in [0.29, 0.717) is 0 Å². The Balaban J connectivity index is -0.0000000450. The van der Waals surface area contributed by atoms with Crippen molar-refractivity contribution in [2.45, 2.75) is 6.92 Å². The number of aliphatic carboxylic acids is 1. The molecule has 3 nitrogen and oxygen atoms in total. The van der Waals surface area contributed by atoms with Gasteiger partial charge < -0.3 is 11.3 Å². The Morgan fingerprint density at radius 1 is 1.67 bits per heavy atom. The number of carboxylic acids is 1. The summed E-state index contributed by atoms with van der Waals surface area (Å²) in [6, 6.07) is 0. The summed E-state index contributed by atoms with van der Waals surface area (Å²) in [6.45, 7) is 1.08. The van der Waals surface area contributed by atoms with Crippen LogP contribution in [0.25, 0.3) is 0 Å². The Morgan fingerprint density at radius 2 is 1.67 bits per heavy atom. The van der Waals surface area contributed by atoms with E-state index in [4.69, 9.17) is 9.90 Å². The predicted molar refractivity (Wildman–Crippen MR) is 25.5 cm³/mol. The molecular formula is C2H8KNO2. The van der Waals surface area contributed by atoms with Crippen molar-refractivity contribution in [1.82, 2.24) is 6.15 Å². The molecule has 4 heteroatoms. The van der Waals surface area contributed by atoms with Crippen molar-refractivity contribution < 1.29 is 9.90 Å². The molecule has 0 unspecified atom stereocenters. The third-order valence-corrected chi connectivity index (χ3v) is 0. The summed E-state index contributed by atoms with van der Waals surface area (Å²) in [5, 5.41) is 7.42. The number of carbonyl (C=O) groups is 1. The zero-order valence-electron chi connectivity index (χ0n) is 3.06. The summed E-state index contributed by atoms with van der Waals surface area (Å²) in [6.07, 6.45) is 0. The van der Waals surface area contributed by atoms with Gasteiger partial charge in [-0.1, -0.05) is 0 Å². The predicted octanol–water partition coefficient (Wildman–Crippen LogP) is -0.396. The van der Waals surface area contributed by atoms with Gasteiger partial charge in [0.1, 0.15) is 0 Å². The van der Waals surface area contributed by atoms with E-state index in [-0.39, 0.29) is 57.5 Å². The molecule has 0 fully saturated rings. The van der Waals surface area contributed by atoms with E-state index >= 15 is 0 Å². The van der Waals surface area contributed by atoms with Crippen molar-refractivity contribution in [3.05, 3.63) is 0 Å². The fraction of sp³-hybridized carbons (Fsp3) is 0.500. The second-order valence-electron chi connectivity index (χ2n) is 0.519. The molecule has 0 amide bonds. The van der Waals surface area contributed by atoms with Crippen LogP contribution in [-0.2, 0) is 4.79 Å². The maximum atomic E-state index is 9.00. The molecule has 0 atom stereocenters. The molecule has 0 spiro atoms. The van der Waals surface area contributed by atoms with Crippen LogP contribution in [0.4, 0.5) is 0 Å². The van der Waals surface area contributed by atoms with E-state index in [1.165, 1.54) is 0 Å². The fourth-order valence-corrected chi connectivity index (χ4v) is 0. The first-order valence-electron chi connectivity index (χ1n) is 0.928. The monoisotopic (exact) mass is 117 g/mol. The van der Waals surface area contributed by atoms with Crippen LogP contribution in [0.2, 0.25) is 0 Å². The Hall–Kier alpha value is 1.07. The average Bonchev–Trinajstić information content (AvgIpc) is 0.811. The van der Waals surface area contributed by atoms with Gasteiger partial charge >= 0.3 is 51.4 Å². The second-order valence-corrected chi connectivity index (χ2v) is 0.519. The zero-order valence-corrected chi connectivity index (χ0v) is 3.06. The van der Waals surface area contributed by atoms with Gasteiger partial charge in [0.25, 0.3) is 5.97 Å². The number of carboxylic acid groups (broad SMARTS) is 1. The van der Waals surface area contributed by atoms with E-state index in [1.54, 1.807) is 0 Å². The van der Waals surface area contributed by atoms with Crippen LogP contribution >= 0.6 is 0 Å². The quantitative estimate of drug-likeness (QED) is 0.424. The van der Waals surface area contributed by atoms with Crippen LogP contribution in [0.3, 0.4) is 0 Å². The van der Waals surface area contributed by atoms with Gasteiger partial charge in [-0.3, -0.25) is 4.79 Å². The summed E-state index contributed by atoms with van der Waals surface area (Å²) in [5.74, 6) is -0.833. The van der Waals surface area contributed by atoms with Crippen molar-refractivity contribution in [3.8, 4) is 0 Å². The summed E-state index contributed by atoms with van der Waals surface area (Å²) < 4.78 is 0. The van der Waals surface area contributed by atoms with Crippen molar-refractivity contribution in [2.75, 3.05) is 0 Å². The van der Waals surface area contributed by atoms with Crippen molar-refractivity contribution in [2.24, 2.45) is 0 Å². The van der Waals surface area contributed by atoms with Gasteiger partial charge in [-0.05, 0) is 0 Å². The Bertz CT molecular complexity index is 34.5. The van der Waals surface area contributed by atoms with Gasteiger partial charge in [-0.25, -0.2) is 0 Å². The third-order valence-electron chi connectivity index (χ3n) is 0. The number of hydrogen-bond donors (Lipinski definition) is 2. The van der Waals surface area contributed by atoms with Crippen LogP contribution in [0.15, 0.2) is 0 Å². The zero-order chi connectivity index (χ0) is 3.58. The topological polar surface area (TPSA) is 72.3 Å². The van der Waals surface area contributed by atoms with E-state index in [2.05, 4.69) is 0 Å². The van der Waals surface area contributed by atoms with Crippen molar-refractivity contribution in [1.29, 1.82) is 0 Å². The maximum absolute atomic E-state index is 9.00. The normalized spacial score (nSPS) is 4.17. The van der Waals surface area contributed by atoms with Crippen LogP contribution in [0.5, 0.6) is 0 Å². The summed E-state index contributed by atoms with van der Waals surface area (Å²) in [4.78, 5) is 9.00. The molecule has 34 valence electrons. The van der Waals surface area contributed by atoms with Crippen LogP contribution in [-0.4, -0.2) is 62.5 Å². The molecular weight excluding hydrogens is 109 g/mol. The molecule has 6 heavy (non-hydrogen) atoms. The molecule has 4 N–H and O–H groups in total. The van der Waals surface area contributed by atoms with E-state index in [0.717, 1.165) is 6.92 Å². The average molecular weight is 117 g/mol. The fourth-order valence-electron chi connectivity index (χ4n) is 0. The molecule has 0 radical (unpaired) electrons. The van der Waals surface area contributed by atoms with Gasteiger partial charge in [0.2, 0.25) is 0 Å². The van der Waals surface area contributed by atoms with Crippen LogP contribution in [0.1, 0.15) is 6.92 Å². The standard InChI is InChI=1S/C2H4O2.K.H3N.H/c1-2(3)4;;;/h1H3,(H,3,4);;1H3;. The van der Waals surface area contributed by atoms with E-state index in [9.17, 15) is 0 Å². The third kappa shape index (κ3) is 73.7. The molecule has 0 saturated heterocycles. The second kappa shape index (κ2) is 9.42. The molecule has 0 aromatic carbocycles. The Kier molecular flexibility index (Phi) is 24.7. The summed E-state index contributed by atoms with van der Waals surface area (Å²) in [5.41, 5.74) is 0. The first kappa shape index (κ1) is 15.7. The van der Waals surface area contributed by atoms with Gasteiger partial charge in [0.15, 0.2) is 0 Å². The van der Waals surface area contributed by atoms with Gasteiger partial charge in [-0.2, -0.15) is 0 Å². The molecule has 0 aliphatic rings. The molecule has 0 aliphatic heterocycles. The molecule has 0 bridgehead atoms. The molecule has 0 saturated carbocycles. The Morgan fingerprint density at radius 3 is 1.67 bits per heavy atom. The van der Waals surface area contributed by atoms with Gasteiger partial charge in [0.05, 0.1) is 0 Å².